The lowest BCUT2D eigenvalue weighted by Crippen LogP contribution is -2.64. The van der Waals surface area contributed by atoms with E-state index in [2.05, 4.69) is 5.32 Å². The van der Waals surface area contributed by atoms with Crippen LogP contribution < -0.4 is 22.5 Å². The van der Waals surface area contributed by atoms with Crippen molar-refractivity contribution in [3.05, 3.63) is 11.8 Å². The van der Waals surface area contributed by atoms with E-state index in [4.69, 9.17) is 26.7 Å². The first kappa shape index (κ1) is 17.6. The van der Waals surface area contributed by atoms with Gasteiger partial charge in [-0.2, -0.15) is 0 Å². The highest BCUT2D eigenvalue weighted by Crippen LogP contribution is 2.26. The van der Waals surface area contributed by atoms with Gasteiger partial charge in [-0.15, -0.1) is 0 Å². The number of hydrogen-bond donors (Lipinski definition) is 6. The van der Waals surface area contributed by atoms with E-state index in [1.165, 1.54) is 0 Å². The summed E-state index contributed by atoms with van der Waals surface area (Å²) in [5.41, 5.74) is 17.7. The van der Waals surface area contributed by atoms with Gasteiger partial charge in [-0.3, -0.25) is 0 Å². The van der Waals surface area contributed by atoms with Crippen LogP contribution in [0, 0.1) is 0 Å². The number of rotatable bonds is 5. The minimum absolute atomic E-state index is 0.254. The lowest BCUT2D eigenvalue weighted by molar-refractivity contribution is -0.218. The molecule has 0 amide bonds. The van der Waals surface area contributed by atoms with Crippen molar-refractivity contribution in [1.29, 1.82) is 0 Å². The third-order valence-corrected chi connectivity index (χ3v) is 4.24. The molecule has 0 aromatic carbocycles. The summed E-state index contributed by atoms with van der Waals surface area (Å²) < 4.78 is 11.4. The molecule has 8 nitrogen and oxygen atoms in total. The molecule has 2 aliphatic rings. The summed E-state index contributed by atoms with van der Waals surface area (Å²) in [6.07, 6.45) is -0.603. The summed E-state index contributed by atoms with van der Waals surface area (Å²) in [6.45, 7) is 2.88. The van der Waals surface area contributed by atoms with Crippen molar-refractivity contribution in [2.75, 3.05) is 13.1 Å². The van der Waals surface area contributed by atoms with Crippen LogP contribution in [-0.4, -0.2) is 66.0 Å². The molecule has 0 spiro atoms. The van der Waals surface area contributed by atoms with Gasteiger partial charge in [-0.25, -0.2) is 0 Å². The third kappa shape index (κ3) is 3.77. The van der Waals surface area contributed by atoms with Crippen LogP contribution in [0.1, 0.15) is 19.8 Å². The fourth-order valence-electron chi connectivity index (χ4n) is 2.98. The minimum Gasteiger partial charge on any atom is -0.467 e. The molecular weight excluding hydrogens is 288 g/mol. The second-order valence-electron chi connectivity index (χ2n) is 5.91. The zero-order valence-electron chi connectivity index (χ0n) is 12.9. The summed E-state index contributed by atoms with van der Waals surface area (Å²) in [5.74, 6) is 0.608. The molecule has 1 saturated carbocycles. The molecular formula is C14H28N4O4. The van der Waals surface area contributed by atoms with Gasteiger partial charge in [0, 0.05) is 12.1 Å². The van der Waals surface area contributed by atoms with Gasteiger partial charge in [0.1, 0.15) is 18.0 Å². The number of hydrogen-bond acceptors (Lipinski definition) is 8. The molecule has 1 fully saturated rings. The van der Waals surface area contributed by atoms with Crippen LogP contribution in [0.25, 0.3) is 0 Å². The van der Waals surface area contributed by atoms with E-state index < -0.39 is 30.6 Å². The van der Waals surface area contributed by atoms with Crippen LogP contribution in [0.4, 0.5) is 0 Å². The van der Waals surface area contributed by atoms with Crippen LogP contribution in [0.5, 0.6) is 0 Å². The molecule has 1 heterocycles. The van der Waals surface area contributed by atoms with Gasteiger partial charge in [-0.1, -0.05) is 6.92 Å². The highest BCUT2D eigenvalue weighted by atomic mass is 16.7. The van der Waals surface area contributed by atoms with E-state index in [9.17, 15) is 10.2 Å². The maximum atomic E-state index is 10.3. The monoisotopic (exact) mass is 316 g/mol. The summed E-state index contributed by atoms with van der Waals surface area (Å²) in [5, 5.41) is 23.6. The molecule has 128 valence electrons. The molecule has 0 unspecified atom stereocenters. The number of aliphatic hydroxyl groups is 2. The first-order chi connectivity index (χ1) is 10.5. The predicted octanol–water partition coefficient (Wildman–Crippen LogP) is -2.28. The SMILES string of the molecule is CCN[C@@H]1C[C@H](N)[C@@H](O[C@H]2OC(CN)=CC[C@@H]2N)[C@H](O)[C@H]1O. The van der Waals surface area contributed by atoms with Crippen LogP contribution in [0.3, 0.4) is 0 Å². The lowest BCUT2D eigenvalue weighted by atomic mass is 9.84. The van der Waals surface area contributed by atoms with E-state index in [-0.39, 0.29) is 18.6 Å². The second-order valence-corrected chi connectivity index (χ2v) is 5.91. The summed E-state index contributed by atoms with van der Waals surface area (Å²) in [6, 6.07) is -1.04. The Bertz CT molecular complexity index is 395. The van der Waals surface area contributed by atoms with Gasteiger partial charge in [0.05, 0.1) is 18.7 Å². The lowest BCUT2D eigenvalue weighted by Gasteiger charge is -2.43. The Morgan fingerprint density at radius 3 is 2.68 bits per heavy atom. The molecule has 0 radical (unpaired) electrons. The zero-order chi connectivity index (χ0) is 16.3. The number of nitrogens with one attached hydrogen (secondary N) is 1. The Hall–Kier alpha value is -0.740. The number of likely N-dealkylation sites (N-methyl/N-ethyl adjacent to an activating group) is 1. The van der Waals surface area contributed by atoms with Gasteiger partial charge in [-0.05, 0) is 25.5 Å². The Labute approximate surface area is 130 Å². The molecule has 9 N–H and O–H groups in total. The van der Waals surface area contributed by atoms with Crippen LogP contribution in [0.15, 0.2) is 11.8 Å². The van der Waals surface area contributed by atoms with Gasteiger partial charge in [0.2, 0.25) is 6.29 Å². The Morgan fingerprint density at radius 1 is 1.32 bits per heavy atom. The van der Waals surface area contributed by atoms with E-state index >= 15 is 0 Å². The van der Waals surface area contributed by atoms with Crippen molar-refractivity contribution in [3.8, 4) is 0 Å². The molecule has 7 atom stereocenters. The van der Waals surface area contributed by atoms with Gasteiger partial charge in [0.15, 0.2) is 0 Å². The van der Waals surface area contributed by atoms with Crippen LogP contribution in [0.2, 0.25) is 0 Å². The third-order valence-electron chi connectivity index (χ3n) is 4.24. The molecule has 2 rings (SSSR count). The molecule has 0 aromatic rings. The van der Waals surface area contributed by atoms with E-state index in [0.29, 0.717) is 25.1 Å². The minimum atomic E-state index is -1.10. The van der Waals surface area contributed by atoms with Crippen LogP contribution >= 0.6 is 0 Å². The summed E-state index contributed by atoms with van der Waals surface area (Å²) >= 11 is 0. The maximum Gasteiger partial charge on any atom is 0.215 e. The normalized spacial score (nSPS) is 42.6. The van der Waals surface area contributed by atoms with E-state index in [0.717, 1.165) is 0 Å². The number of aliphatic hydroxyl groups excluding tert-OH is 2. The molecule has 1 aliphatic heterocycles. The summed E-state index contributed by atoms with van der Waals surface area (Å²) in [4.78, 5) is 0. The predicted molar refractivity (Wildman–Crippen MR) is 81.5 cm³/mol. The largest absolute Gasteiger partial charge is 0.467 e. The topological polar surface area (TPSA) is 149 Å². The highest BCUT2D eigenvalue weighted by Gasteiger charge is 2.44. The average Bonchev–Trinajstić information content (AvgIpc) is 2.51. The quantitative estimate of drug-likeness (QED) is 0.332. The van der Waals surface area contributed by atoms with E-state index in [1.807, 2.05) is 13.0 Å². The van der Waals surface area contributed by atoms with Crippen molar-refractivity contribution >= 4 is 0 Å². The Balaban J connectivity index is 2.01. The molecule has 0 saturated heterocycles. The van der Waals surface area contributed by atoms with Gasteiger partial charge >= 0.3 is 0 Å². The molecule has 22 heavy (non-hydrogen) atoms. The first-order valence-corrected chi connectivity index (χ1v) is 7.79. The molecule has 0 aromatic heterocycles. The standard InChI is InChI=1S/C14H28N4O4/c1-2-18-10-5-9(17)13(12(20)11(10)19)22-14-8(16)4-3-7(6-15)21-14/h3,8-14,18-20H,2,4-6,15-17H2,1H3/t8-,9-,10+,11-,12+,13+,14+/m0/s1. The number of ether oxygens (including phenoxy) is 2. The van der Waals surface area contributed by atoms with Crippen molar-refractivity contribution in [2.24, 2.45) is 17.2 Å². The highest BCUT2D eigenvalue weighted by molar-refractivity contribution is 5.03. The van der Waals surface area contributed by atoms with Crippen molar-refractivity contribution in [2.45, 2.75) is 62.5 Å². The number of nitrogens with two attached hydrogens (primary N) is 3. The maximum absolute atomic E-state index is 10.3. The first-order valence-electron chi connectivity index (χ1n) is 7.79. The fraction of sp³-hybridized carbons (Fsp3) is 0.857. The molecule has 8 heteroatoms. The second kappa shape index (κ2) is 7.69. The fourth-order valence-corrected chi connectivity index (χ4v) is 2.98. The van der Waals surface area contributed by atoms with Crippen molar-refractivity contribution < 1.29 is 19.7 Å². The zero-order valence-corrected chi connectivity index (χ0v) is 12.9. The van der Waals surface area contributed by atoms with Crippen molar-refractivity contribution in [1.82, 2.24) is 5.32 Å². The molecule has 1 aliphatic carbocycles. The summed E-state index contributed by atoms with van der Waals surface area (Å²) in [7, 11) is 0. The smallest absolute Gasteiger partial charge is 0.215 e. The Morgan fingerprint density at radius 2 is 2.05 bits per heavy atom. The van der Waals surface area contributed by atoms with Crippen molar-refractivity contribution in [3.63, 3.8) is 0 Å². The molecule has 0 bridgehead atoms. The van der Waals surface area contributed by atoms with Crippen LogP contribution in [-0.2, 0) is 9.47 Å². The van der Waals surface area contributed by atoms with Gasteiger partial charge in [0.25, 0.3) is 0 Å². The van der Waals surface area contributed by atoms with E-state index in [1.54, 1.807) is 0 Å². The Kier molecular flexibility index (Phi) is 6.16. The van der Waals surface area contributed by atoms with Gasteiger partial charge < -0.3 is 42.2 Å². The average molecular weight is 316 g/mol.